The van der Waals surface area contributed by atoms with Crippen molar-refractivity contribution in [2.75, 3.05) is 0 Å². The number of sulfonamides is 1. The van der Waals surface area contributed by atoms with Gasteiger partial charge in [-0.1, -0.05) is 40.2 Å². The molecule has 3 N–H and O–H groups in total. The molecule has 0 radical (unpaired) electrons. The van der Waals surface area contributed by atoms with Gasteiger partial charge >= 0.3 is 0 Å². The molecule has 0 aliphatic carbocycles. The van der Waals surface area contributed by atoms with Crippen LogP contribution in [0.3, 0.4) is 0 Å². The Kier molecular flexibility index (Phi) is 5.16. The van der Waals surface area contributed by atoms with E-state index in [2.05, 4.69) is 39.4 Å². The third-order valence-electron chi connectivity index (χ3n) is 3.08. The first kappa shape index (κ1) is 16.2. The number of benzene rings is 2. The average Bonchev–Trinajstić information content (AvgIpc) is 2.41. The molecule has 112 valence electrons. The highest BCUT2D eigenvalue weighted by Gasteiger charge is 2.07. The van der Waals surface area contributed by atoms with Crippen molar-refractivity contribution in [1.29, 1.82) is 0 Å². The van der Waals surface area contributed by atoms with Gasteiger partial charge in [0.2, 0.25) is 10.0 Å². The smallest absolute Gasteiger partial charge is 0.238 e. The van der Waals surface area contributed by atoms with Gasteiger partial charge in [0, 0.05) is 17.6 Å². The topological polar surface area (TPSA) is 72.2 Å². The van der Waals surface area contributed by atoms with Crippen molar-refractivity contribution in [3.63, 3.8) is 0 Å². The maximum absolute atomic E-state index is 11.3. The van der Waals surface area contributed by atoms with Crippen molar-refractivity contribution in [1.82, 2.24) is 5.32 Å². The largest absolute Gasteiger partial charge is 0.309 e. The van der Waals surface area contributed by atoms with E-state index in [0.29, 0.717) is 13.1 Å². The Balaban J connectivity index is 2.01. The number of halogens is 1. The van der Waals surface area contributed by atoms with Crippen LogP contribution in [-0.2, 0) is 23.1 Å². The minimum atomic E-state index is -3.65. The second-order valence-electron chi connectivity index (χ2n) is 4.89. The van der Waals surface area contributed by atoms with Gasteiger partial charge in [0.1, 0.15) is 0 Å². The molecule has 2 rings (SSSR count). The Morgan fingerprint density at radius 3 is 2.57 bits per heavy atom. The predicted octanol–water partition coefficient (Wildman–Crippen LogP) is 2.69. The Morgan fingerprint density at radius 2 is 1.90 bits per heavy atom. The summed E-state index contributed by atoms with van der Waals surface area (Å²) in [6.45, 7) is 3.31. The molecular weight excluding hydrogens is 352 g/mol. The number of nitrogens with one attached hydrogen (secondary N) is 1. The second kappa shape index (κ2) is 6.70. The number of hydrogen-bond acceptors (Lipinski definition) is 3. The summed E-state index contributed by atoms with van der Waals surface area (Å²) in [4.78, 5) is 0.137. The van der Waals surface area contributed by atoms with Gasteiger partial charge in [0.15, 0.2) is 0 Å². The highest BCUT2D eigenvalue weighted by molar-refractivity contribution is 9.10. The molecular formula is C15H17BrN2O2S. The summed E-state index contributed by atoms with van der Waals surface area (Å²) >= 11 is 3.54. The van der Waals surface area contributed by atoms with E-state index in [1.165, 1.54) is 11.6 Å². The van der Waals surface area contributed by atoms with Crippen LogP contribution in [0.2, 0.25) is 0 Å². The lowest BCUT2D eigenvalue weighted by atomic mass is 10.1. The molecule has 0 aromatic heterocycles. The molecule has 0 unspecified atom stereocenters. The normalized spacial score (nSPS) is 11.6. The zero-order chi connectivity index (χ0) is 15.5. The molecule has 2 aromatic carbocycles. The van der Waals surface area contributed by atoms with E-state index >= 15 is 0 Å². The van der Waals surface area contributed by atoms with E-state index in [1.54, 1.807) is 12.1 Å². The molecule has 0 spiro atoms. The van der Waals surface area contributed by atoms with Gasteiger partial charge in [0.25, 0.3) is 0 Å². The van der Waals surface area contributed by atoms with Crippen molar-refractivity contribution in [3.8, 4) is 0 Å². The number of rotatable bonds is 5. The van der Waals surface area contributed by atoms with Crippen LogP contribution in [0.1, 0.15) is 16.7 Å². The molecule has 0 atom stereocenters. The zero-order valence-corrected chi connectivity index (χ0v) is 14.0. The summed E-state index contributed by atoms with van der Waals surface area (Å²) in [5, 5.41) is 8.42. The Labute approximate surface area is 133 Å². The maximum Gasteiger partial charge on any atom is 0.238 e. The summed E-state index contributed by atoms with van der Waals surface area (Å²) in [6, 6.07) is 12.8. The molecule has 6 heteroatoms. The fourth-order valence-corrected chi connectivity index (χ4v) is 3.19. The molecule has 21 heavy (non-hydrogen) atoms. The van der Waals surface area contributed by atoms with Gasteiger partial charge in [-0.25, -0.2) is 13.6 Å². The van der Waals surface area contributed by atoms with E-state index in [-0.39, 0.29) is 4.90 Å². The molecule has 0 bridgehead atoms. The Morgan fingerprint density at radius 1 is 1.14 bits per heavy atom. The van der Waals surface area contributed by atoms with Crippen LogP contribution in [-0.4, -0.2) is 8.42 Å². The van der Waals surface area contributed by atoms with Crippen LogP contribution in [0, 0.1) is 6.92 Å². The number of primary sulfonamides is 1. The van der Waals surface area contributed by atoms with Crippen LogP contribution in [0.5, 0.6) is 0 Å². The van der Waals surface area contributed by atoms with E-state index in [4.69, 9.17) is 5.14 Å². The van der Waals surface area contributed by atoms with Gasteiger partial charge in [0.05, 0.1) is 4.90 Å². The summed E-state index contributed by atoms with van der Waals surface area (Å²) in [5.74, 6) is 0. The van der Waals surface area contributed by atoms with Crippen molar-refractivity contribution < 1.29 is 8.42 Å². The summed E-state index contributed by atoms with van der Waals surface area (Å²) < 4.78 is 23.7. The lowest BCUT2D eigenvalue weighted by Crippen LogP contribution is -2.15. The molecule has 0 saturated heterocycles. The van der Waals surface area contributed by atoms with E-state index in [0.717, 1.165) is 15.6 Å². The summed E-state index contributed by atoms with van der Waals surface area (Å²) in [5.41, 5.74) is 3.24. The van der Waals surface area contributed by atoms with Crippen LogP contribution >= 0.6 is 15.9 Å². The monoisotopic (exact) mass is 368 g/mol. The first-order valence-electron chi connectivity index (χ1n) is 6.44. The van der Waals surface area contributed by atoms with E-state index in [1.807, 2.05) is 13.0 Å². The zero-order valence-electron chi connectivity index (χ0n) is 11.6. The van der Waals surface area contributed by atoms with Crippen molar-refractivity contribution in [2.24, 2.45) is 5.14 Å². The fraction of sp³-hybridized carbons (Fsp3) is 0.200. The van der Waals surface area contributed by atoms with Crippen molar-refractivity contribution in [3.05, 3.63) is 63.6 Å². The summed E-state index contributed by atoms with van der Waals surface area (Å²) in [6.07, 6.45) is 0. The molecule has 0 heterocycles. The first-order valence-corrected chi connectivity index (χ1v) is 8.78. The SMILES string of the molecule is Cc1ccc(CNCc2cccc(S(N)(=O)=O)c2)c(Br)c1. The van der Waals surface area contributed by atoms with E-state index < -0.39 is 10.0 Å². The van der Waals surface area contributed by atoms with Crippen LogP contribution in [0.15, 0.2) is 51.8 Å². The van der Waals surface area contributed by atoms with Gasteiger partial charge < -0.3 is 5.32 Å². The maximum atomic E-state index is 11.3. The Bertz CT molecular complexity index is 745. The number of nitrogens with two attached hydrogens (primary N) is 1. The molecule has 0 saturated carbocycles. The third kappa shape index (κ3) is 4.64. The minimum absolute atomic E-state index is 0.137. The fourth-order valence-electron chi connectivity index (χ4n) is 1.97. The van der Waals surface area contributed by atoms with Crippen LogP contribution in [0.4, 0.5) is 0 Å². The summed E-state index contributed by atoms with van der Waals surface area (Å²) in [7, 11) is -3.65. The lowest BCUT2D eigenvalue weighted by Gasteiger charge is -2.08. The van der Waals surface area contributed by atoms with Gasteiger partial charge in [-0.05, 0) is 41.8 Å². The standard InChI is InChI=1S/C15H17BrN2O2S/c1-11-5-6-13(15(16)7-11)10-18-9-12-3-2-4-14(8-12)21(17,19)20/h2-8,18H,9-10H2,1H3,(H2,17,19,20). The number of aryl methyl sites for hydroxylation is 1. The molecule has 0 aliphatic rings. The minimum Gasteiger partial charge on any atom is -0.309 e. The highest BCUT2D eigenvalue weighted by Crippen LogP contribution is 2.18. The third-order valence-corrected chi connectivity index (χ3v) is 4.73. The van der Waals surface area contributed by atoms with Gasteiger partial charge in [-0.15, -0.1) is 0 Å². The molecule has 0 aliphatic heterocycles. The predicted molar refractivity (Wildman–Crippen MR) is 87.2 cm³/mol. The van der Waals surface area contributed by atoms with Crippen molar-refractivity contribution in [2.45, 2.75) is 24.9 Å². The Hall–Kier alpha value is -1.21. The van der Waals surface area contributed by atoms with E-state index in [9.17, 15) is 8.42 Å². The lowest BCUT2D eigenvalue weighted by molar-refractivity contribution is 0.597. The van der Waals surface area contributed by atoms with Crippen LogP contribution in [0.25, 0.3) is 0 Å². The van der Waals surface area contributed by atoms with Crippen molar-refractivity contribution >= 4 is 26.0 Å². The first-order chi connectivity index (χ1) is 9.86. The van der Waals surface area contributed by atoms with Gasteiger partial charge in [-0.3, -0.25) is 0 Å². The molecule has 2 aromatic rings. The quantitative estimate of drug-likeness (QED) is 0.851. The second-order valence-corrected chi connectivity index (χ2v) is 7.31. The average molecular weight is 369 g/mol. The number of hydrogen-bond donors (Lipinski definition) is 2. The molecule has 0 fully saturated rings. The van der Waals surface area contributed by atoms with Crippen LogP contribution < -0.4 is 10.5 Å². The molecule has 0 amide bonds. The van der Waals surface area contributed by atoms with Gasteiger partial charge in [-0.2, -0.15) is 0 Å². The molecule has 4 nitrogen and oxygen atoms in total. The highest BCUT2D eigenvalue weighted by atomic mass is 79.9.